The Balaban J connectivity index is 2.29. The highest BCUT2D eigenvalue weighted by Gasteiger charge is 2.15. The number of hydrogen-bond donors (Lipinski definition) is 1. The maximum atomic E-state index is 12.2. The highest BCUT2D eigenvalue weighted by molar-refractivity contribution is 9.10. The molecular weight excluding hydrogens is 346 g/mol. The minimum Gasteiger partial charge on any atom is -0.497 e. The van der Waals surface area contributed by atoms with Gasteiger partial charge in [0.05, 0.1) is 7.11 Å². The highest BCUT2D eigenvalue weighted by Crippen LogP contribution is 2.32. The number of alkyl halides is 2. The van der Waals surface area contributed by atoms with Crippen LogP contribution in [-0.2, 0) is 0 Å². The molecule has 0 aliphatic rings. The molecular formula is C15H13BrF2O3. The SMILES string of the molecule is COc1ccc(C(O)c2cccc(OC(F)F)c2)c(Br)c1. The molecule has 112 valence electrons. The molecule has 3 nitrogen and oxygen atoms in total. The molecule has 0 saturated carbocycles. The summed E-state index contributed by atoms with van der Waals surface area (Å²) in [7, 11) is 1.54. The summed E-state index contributed by atoms with van der Waals surface area (Å²) in [6, 6.07) is 11.1. The summed E-state index contributed by atoms with van der Waals surface area (Å²) in [6.45, 7) is -2.90. The minimum atomic E-state index is -2.90. The van der Waals surface area contributed by atoms with Gasteiger partial charge in [0.25, 0.3) is 0 Å². The molecule has 2 aromatic rings. The molecule has 0 bridgehead atoms. The number of methoxy groups -OCH3 is 1. The Morgan fingerprint density at radius 2 is 1.86 bits per heavy atom. The fourth-order valence-electron chi connectivity index (χ4n) is 1.90. The molecule has 1 N–H and O–H groups in total. The number of hydrogen-bond acceptors (Lipinski definition) is 3. The molecule has 0 amide bonds. The van der Waals surface area contributed by atoms with Gasteiger partial charge in [-0.05, 0) is 35.4 Å². The van der Waals surface area contributed by atoms with E-state index in [1.165, 1.54) is 12.1 Å². The van der Waals surface area contributed by atoms with Gasteiger partial charge in [-0.2, -0.15) is 8.78 Å². The van der Waals surface area contributed by atoms with Crippen molar-refractivity contribution in [3.8, 4) is 11.5 Å². The largest absolute Gasteiger partial charge is 0.497 e. The average Bonchev–Trinajstić information content (AvgIpc) is 2.46. The van der Waals surface area contributed by atoms with Gasteiger partial charge in [-0.15, -0.1) is 0 Å². The Bertz CT molecular complexity index is 620. The molecule has 0 fully saturated rings. The maximum Gasteiger partial charge on any atom is 0.387 e. The van der Waals surface area contributed by atoms with Crippen LogP contribution >= 0.6 is 15.9 Å². The fourth-order valence-corrected chi connectivity index (χ4v) is 2.47. The summed E-state index contributed by atoms with van der Waals surface area (Å²) < 4.78 is 34.5. The zero-order chi connectivity index (χ0) is 15.4. The zero-order valence-electron chi connectivity index (χ0n) is 11.1. The van der Waals surface area contributed by atoms with Crippen LogP contribution < -0.4 is 9.47 Å². The number of rotatable bonds is 5. The molecule has 21 heavy (non-hydrogen) atoms. The number of aliphatic hydroxyl groups excluding tert-OH is 1. The van der Waals surface area contributed by atoms with Crippen molar-refractivity contribution in [1.82, 2.24) is 0 Å². The van der Waals surface area contributed by atoms with Crippen LogP contribution in [0, 0.1) is 0 Å². The lowest BCUT2D eigenvalue weighted by Crippen LogP contribution is -2.04. The summed E-state index contributed by atoms with van der Waals surface area (Å²) in [5, 5.41) is 10.4. The summed E-state index contributed by atoms with van der Waals surface area (Å²) in [6.07, 6.45) is -0.966. The third-order valence-corrected chi connectivity index (χ3v) is 3.59. The van der Waals surface area contributed by atoms with E-state index in [1.807, 2.05) is 0 Å². The van der Waals surface area contributed by atoms with Gasteiger partial charge in [-0.3, -0.25) is 0 Å². The van der Waals surface area contributed by atoms with Gasteiger partial charge in [0.15, 0.2) is 0 Å². The van der Waals surface area contributed by atoms with Gasteiger partial charge in [0.1, 0.15) is 17.6 Å². The number of halogens is 3. The molecule has 0 radical (unpaired) electrons. The van der Waals surface area contributed by atoms with Gasteiger partial charge in [0.2, 0.25) is 0 Å². The molecule has 6 heteroatoms. The van der Waals surface area contributed by atoms with Crippen LogP contribution in [0.3, 0.4) is 0 Å². The van der Waals surface area contributed by atoms with E-state index >= 15 is 0 Å². The van der Waals surface area contributed by atoms with Crippen LogP contribution in [0.1, 0.15) is 17.2 Å². The van der Waals surface area contributed by atoms with E-state index in [1.54, 1.807) is 37.4 Å². The van der Waals surface area contributed by atoms with E-state index in [0.717, 1.165) is 0 Å². The van der Waals surface area contributed by atoms with Crippen LogP contribution in [0.4, 0.5) is 8.78 Å². The molecule has 2 aromatic carbocycles. The fraction of sp³-hybridized carbons (Fsp3) is 0.200. The molecule has 1 unspecified atom stereocenters. The average molecular weight is 359 g/mol. The van der Waals surface area contributed by atoms with Crippen molar-refractivity contribution in [3.05, 3.63) is 58.1 Å². The predicted octanol–water partition coefficient (Wildman–Crippen LogP) is 4.14. The van der Waals surface area contributed by atoms with Gasteiger partial charge >= 0.3 is 6.61 Å². The van der Waals surface area contributed by atoms with Crippen LogP contribution in [0.25, 0.3) is 0 Å². The summed E-state index contributed by atoms with van der Waals surface area (Å²) in [4.78, 5) is 0. The topological polar surface area (TPSA) is 38.7 Å². The van der Waals surface area contributed by atoms with Crippen molar-refractivity contribution in [2.75, 3.05) is 7.11 Å². The normalized spacial score (nSPS) is 12.3. The summed E-state index contributed by atoms with van der Waals surface area (Å²) in [5.41, 5.74) is 1.06. The molecule has 0 saturated heterocycles. The third kappa shape index (κ3) is 3.92. The van der Waals surface area contributed by atoms with Crippen molar-refractivity contribution in [2.24, 2.45) is 0 Å². The van der Waals surface area contributed by atoms with E-state index in [4.69, 9.17) is 4.74 Å². The van der Waals surface area contributed by atoms with Crippen molar-refractivity contribution >= 4 is 15.9 Å². The molecule has 0 heterocycles. The quantitative estimate of drug-likeness (QED) is 0.872. The minimum absolute atomic E-state index is 0.00573. The Labute approximate surface area is 129 Å². The number of benzene rings is 2. The Morgan fingerprint density at radius 1 is 1.10 bits per heavy atom. The Morgan fingerprint density at radius 3 is 2.48 bits per heavy atom. The molecule has 0 aromatic heterocycles. The second kappa shape index (κ2) is 6.87. The molecule has 2 rings (SSSR count). The third-order valence-electron chi connectivity index (χ3n) is 2.90. The second-order valence-electron chi connectivity index (χ2n) is 4.24. The first-order valence-electron chi connectivity index (χ1n) is 6.07. The number of aliphatic hydroxyl groups is 1. The first kappa shape index (κ1) is 15.7. The van der Waals surface area contributed by atoms with Crippen molar-refractivity contribution in [2.45, 2.75) is 12.7 Å². The maximum absolute atomic E-state index is 12.2. The van der Waals surface area contributed by atoms with Gasteiger partial charge in [-0.1, -0.05) is 34.1 Å². The van der Waals surface area contributed by atoms with Gasteiger partial charge in [0, 0.05) is 4.47 Å². The van der Waals surface area contributed by atoms with E-state index < -0.39 is 12.7 Å². The van der Waals surface area contributed by atoms with Gasteiger partial charge in [-0.25, -0.2) is 0 Å². The van der Waals surface area contributed by atoms with E-state index in [0.29, 0.717) is 21.3 Å². The van der Waals surface area contributed by atoms with Crippen molar-refractivity contribution < 1.29 is 23.4 Å². The lowest BCUT2D eigenvalue weighted by molar-refractivity contribution is -0.0499. The molecule has 0 aliphatic carbocycles. The van der Waals surface area contributed by atoms with E-state index in [-0.39, 0.29) is 5.75 Å². The zero-order valence-corrected chi connectivity index (χ0v) is 12.7. The monoisotopic (exact) mass is 358 g/mol. The van der Waals surface area contributed by atoms with Gasteiger partial charge < -0.3 is 14.6 Å². The molecule has 0 aliphatic heterocycles. The first-order chi connectivity index (χ1) is 10.0. The first-order valence-corrected chi connectivity index (χ1v) is 6.87. The lowest BCUT2D eigenvalue weighted by Gasteiger charge is -2.15. The Hall–Kier alpha value is -1.66. The van der Waals surface area contributed by atoms with E-state index in [2.05, 4.69) is 20.7 Å². The predicted molar refractivity (Wildman–Crippen MR) is 77.8 cm³/mol. The lowest BCUT2D eigenvalue weighted by atomic mass is 10.0. The van der Waals surface area contributed by atoms with Crippen LogP contribution in [0.15, 0.2) is 46.9 Å². The standard InChI is InChI=1S/C15H13BrF2O3/c1-20-10-5-6-12(13(16)8-10)14(19)9-3-2-4-11(7-9)21-15(17)18/h2-8,14-15,19H,1H3. The van der Waals surface area contributed by atoms with Crippen LogP contribution in [0.5, 0.6) is 11.5 Å². The van der Waals surface area contributed by atoms with E-state index in [9.17, 15) is 13.9 Å². The summed E-state index contributed by atoms with van der Waals surface area (Å²) >= 11 is 3.35. The smallest absolute Gasteiger partial charge is 0.387 e. The Kier molecular flexibility index (Phi) is 5.14. The molecule has 1 atom stereocenters. The second-order valence-corrected chi connectivity index (χ2v) is 5.10. The van der Waals surface area contributed by atoms with Crippen LogP contribution in [0.2, 0.25) is 0 Å². The van der Waals surface area contributed by atoms with Crippen molar-refractivity contribution in [1.29, 1.82) is 0 Å². The molecule has 0 spiro atoms. The highest BCUT2D eigenvalue weighted by atomic mass is 79.9. The number of ether oxygens (including phenoxy) is 2. The van der Waals surface area contributed by atoms with Crippen LogP contribution in [-0.4, -0.2) is 18.8 Å². The summed E-state index contributed by atoms with van der Waals surface area (Å²) in [5.74, 6) is 0.652. The van der Waals surface area contributed by atoms with Crippen molar-refractivity contribution in [3.63, 3.8) is 0 Å².